The lowest BCUT2D eigenvalue weighted by molar-refractivity contribution is 0.343. The summed E-state index contributed by atoms with van der Waals surface area (Å²) in [5.41, 5.74) is 0.906. The summed E-state index contributed by atoms with van der Waals surface area (Å²) in [6.45, 7) is 5.12. The minimum absolute atomic E-state index is 0.0754. The number of rotatable bonds is 3. The molecule has 2 aromatic rings. The summed E-state index contributed by atoms with van der Waals surface area (Å²) in [6.07, 6.45) is 9.34. The molecule has 0 aromatic carbocycles. The van der Waals surface area contributed by atoms with Gasteiger partial charge in [0.15, 0.2) is 11.6 Å². The first kappa shape index (κ1) is 13.5. The van der Waals surface area contributed by atoms with E-state index in [1.165, 1.54) is 32.1 Å². The fourth-order valence-corrected chi connectivity index (χ4v) is 4.09. The molecule has 1 aliphatic carbocycles. The third kappa shape index (κ3) is 2.40. The summed E-state index contributed by atoms with van der Waals surface area (Å²) in [5.74, 6) is 3.38. The molecular formula is C17H24N6. The summed E-state index contributed by atoms with van der Waals surface area (Å²) in [4.78, 5) is 10.9. The Morgan fingerprint density at radius 1 is 1.26 bits per heavy atom. The molecule has 0 spiro atoms. The van der Waals surface area contributed by atoms with E-state index in [1.807, 2.05) is 6.92 Å². The Hall–Kier alpha value is -1.98. The molecule has 4 rings (SSSR count). The maximum Gasteiger partial charge on any atom is 0.160 e. The van der Waals surface area contributed by atoms with Gasteiger partial charge < -0.3 is 4.90 Å². The average Bonchev–Trinajstić information content (AvgIpc) is 2.98. The summed E-state index contributed by atoms with van der Waals surface area (Å²) in [7, 11) is 0. The van der Waals surface area contributed by atoms with Crippen LogP contribution >= 0.6 is 0 Å². The first-order chi connectivity index (χ1) is 11.7. The van der Waals surface area contributed by atoms with Crippen LogP contribution in [0.25, 0.3) is 5.69 Å². The molecule has 122 valence electrons. The Kier molecular flexibility index (Phi) is 3.46. The van der Waals surface area contributed by atoms with E-state index in [9.17, 15) is 0 Å². The lowest BCUT2D eigenvalue weighted by Gasteiger charge is -2.39. The largest absolute Gasteiger partial charge is 0.344 e. The molecule has 1 saturated carbocycles. The number of anilines is 1. The number of hydrogen-bond donors (Lipinski definition) is 0. The molecule has 6 heteroatoms. The molecule has 1 atom stereocenters. The van der Waals surface area contributed by atoms with Gasteiger partial charge in [-0.15, -0.1) is 10.2 Å². The molecule has 2 aromatic heterocycles. The van der Waals surface area contributed by atoms with Crippen LogP contribution in [0.1, 0.15) is 64.5 Å². The second-order valence-electron chi connectivity index (χ2n) is 6.70. The van der Waals surface area contributed by atoms with Crippen LogP contribution in [0, 0.1) is 12.8 Å². The maximum absolute atomic E-state index is 7.88. The highest BCUT2D eigenvalue weighted by molar-refractivity contribution is 5.61. The van der Waals surface area contributed by atoms with Gasteiger partial charge in [0.05, 0.1) is 12.2 Å². The zero-order chi connectivity index (χ0) is 16.7. The van der Waals surface area contributed by atoms with Gasteiger partial charge >= 0.3 is 0 Å². The van der Waals surface area contributed by atoms with Crippen molar-refractivity contribution in [3.8, 4) is 5.69 Å². The molecule has 0 unspecified atom stereocenters. The van der Waals surface area contributed by atoms with Gasteiger partial charge in [-0.2, -0.15) is 0 Å². The van der Waals surface area contributed by atoms with Crippen LogP contribution in [-0.2, 0) is 0 Å². The van der Waals surface area contributed by atoms with E-state index in [0.717, 1.165) is 36.1 Å². The highest BCUT2D eigenvalue weighted by atomic mass is 15.4. The summed E-state index contributed by atoms with van der Waals surface area (Å²) < 4.78 is 9.93. The standard InChI is InChI=1S/C17H24N6/c1-3-14-17-21-20-12(2)23(17)15-9-18-11-19-16(15)22(14)10-13-7-5-4-6-8-13/h9,11,13-14H,3-8,10H2,1-2H3/t14-/m1/s1/i11D. The molecule has 3 heterocycles. The quantitative estimate of drug-likeness (QED) is 0.870. The van der Waals surface area contributed by atoms with E-state index in [1.54, 1.807) is 6.20 Å². The molecular weight excluding hydrogens is 288 g/mol. The van der Waals surface area contributed by atoms with Crippen LogP contribution in [-0.4, -0.2) is 31.3 Å². The molecule has 1 fully saturated rings. The number of aromatic nitrogens is 5. The minimum Gasteiger partial charge on any atom is -0.344 e. The fourth-order valence-electron chi connectivity index (χ4n) is 4.09. The highest BCUT2D eigenvalue weighted by Crippen LogP contribution is 2.39. The van der Waals surface area contributed by atoms with Gasteiger partial charge in [0.1, 0.15) is 19.2 Å². The predicted octanol–water partition coefficient (Wildman–Crippen LogP) is 3.22. The van der Waals surface area contributed by atoms with Crippen molar-refractivity contribution in [2.45, 2.75) is 58.4 Å². The zero-order valence-corrected chi connectivity index (χ0v) is 13.9. The van der Waals surface area contributed by atoms with Gasteiger partial charge in [0.2, 0.25) is 0 Å². The second-order valence-corrected chi connectivity index (χ2v) is 6.70. The molecule has 0 saturated heterocycles. The van der Waals surface area contributed by atoms with Crippen LogP contribution in [0.3, 0.4) is 0 Å². The van der Waals surface area contributed by atoms with Gasteiger partial charge in [-0.05, 0) is 32.1 Å². The Bertz CT molecular complexity index is 737. The molecule has 6 nitrogen and oxygen atoms in total. The molecule has 0 N–H and O–H groups in total. The molecule has 0 bridgehead atoms. The average molecular weight is 313 g/mol. The highest BCUT2D eigenvalue weighted by Gasteiger charge is 2.35. The van der Waals surface area contributed by atoms with E-state index in [2.05, 4.69) is 36.6 Å². The van der Waals surface area contributed by atoms with Crippen molar-refractivity contribution in [2.24, 2.45) is 5.92 Å². The van der Waals surface area contributed by atoms with Gasteiger partial charge in [-0.25, -0.2) is 9.97 Å². The third-order valence-corrected chi connectivity index (χ3v) is 5.23. The predicted molar refractivity (Wildman–Crippen MR) is 88.6 cm³/mol. The SMILES string of the molecule is [2H]c1ncc2c(n1)N(CC1CCCCC1)[C@H](CC)c1nnc(C)n1-2. The Morgan fingerprint density at radius 2 is 2.09 bits per heavy atom. The topological polar surface area (TPSA) is 59.7 Å². The van der Waals surface area contributed by atoms with Crippen molar-refractivity contribution < 1.29 is 1.37 Å². The normalized spacial score (nSPS) is 21.7. The van der Waals surface area contributed by atoms with Crippen molar-refractivity contribution in [1.29, 1.82) is 0 Å². The van der Waals surface area contributed by atoms with Crippen LogP contribution in [0.5, 0.6) is 0 Å². The van der Waals surface area contributed by atoms with E-state index in [4.69, 9.17) is 1.37 Å². The minimum atomic E-state index is 0.0754. The monoisotopic (exact) mass is 313 g/mol. The number of aryl methyl sites for hydroxylation is 1. The Morgan fingerprint density at radius 3 is 2.87 bits per heavy atom. The van der Waals surface area contributed by atoms with E-state index in [-0.39, 0.29) is 12.3 Å². The van der Waals surface area contributed by atoms with E-state index < -0.39 is 0 Å². The molecule has 0 radical (unpaired) electrons. The van der Waals surface area contributed by atoms with Crippen molar-refractivity contribution in [3.05, 3.63) is 24.1 Å². The first-order valence-electron chi connectivity index (χ1n) is 9.21. The van der Waals surface area contributed by atoms with Crippen LogP contribution in [0.4, 0.5) is 5.82 Å². The van der Waals surface area contributed by atoms with Crippen LogP contribution < -0.4 is 4.90 Å². The second kappa shape index (κ2) is 5.91. The van der Waals surface area contributed by atoms with E-state index >= 15 is 0 Å². The van der Waals surface area contributed by atoms with Crippen molar-refractivity contribution in [3.63, 3.8) is 0 Å². The maximum atomic E-state index is 7.88. The van der Waals surface area contributed by atoms with Crippen molar-refractivity contribution in [1.82, 2.24) is 24.7 Å². The van der Waals surface area contributed by atoms with Crippen molar-refractivity contribution in [2.75, 3.05) is 11.4 Å². The molecule has 1 aliphatic heterocycles. The van der Waals surface area contributed by atoms with Gasteiger partial charge in [0, 0.05) is 6.54 Å². The summed E-state index contributed by atoms with van der Waals surface area (Å²) in [6, 6.07) is 0.162. The third-order valence-electron chi connectivity index (χ3n) is 5.23. The van der Waals surface area contributed by atoms with Gasteiger partial charge in [-0.3, -0.25) is 4.57 Å². The molecule has 0 amide bonds. The lowest BCUT2D eigenvalue weighted by Crippen LogP contribution is -2.39. The molecule has 2 aliphatic rings. The van der Waals surface area contributed by atoms with Crippen LogP contribution in [0.15, 0.2) is 12.5 Å². The summed E-state index contributed by atoms with van der Waals surface area (Å²) in [5, 5.41) is 8.72. The van der Waals surface area contributed by atoms with Crippen LogP contribution in [0.2, 0.25) is 0 Å². The van der Waals surface area contributed by atoms with Crippen molar-refractivity contribution >= 4 is 5.82 Å². The Labute approximate surface area is 138 Å². The smallest absolute Gasteiger partial charge is 0.160 e. The van der Waals surface area contributed by atoms with Gasteiger partial charge in [0.25, 0.3) is 0 Å². The molecule has 23 heavy (non-hydrogen) atoms. The lowest BCUT2D eigenvalue weighted by atomic mass is 9.88. The van der Waals surface area contributed by atoms with Gasteiger partial charge in [-0.1, -0.05) is 26.2 Å². The summed E-state index contributed by atoms with van der Waals surface area (Å²) >= 11 is 0. The fraction of sp³-hybridized carbons (Fsp3) is 0.647. The zero-order valence-electron chi connectivity index (χ0n) is 14.9. The number of nitrogens with zero attached hydrogens (tertiary/aromatic N) is 6. The number of hydrogen-bond acceptors (Lipinski definition) is 5. The number of fused-ring (bicyclic) bond motifs is 3. The van der Waals surface area contributed by atoms with E-state index in [0.29, 0.717) is 5.92 Å². The first-order valence-corrected chi connectivity index (χ1v) is 8.71. The Balaban J connectivity index is 1.79.